The fourth-order valence-corrected chi connectivity index (χ4v) is 2.10. The van der Waals surface area contributed by atoms with Crippen molar-refractivity contribution in [3.63, 3.8) is 0 Å². The van der Waals surface area contributed by atoms with Crippen LogP contribution < -0.4 is 4.90 Å². The third-order valence-corrected chi connectivity index (χ3v) is 2.71. The number of aromatic nitrogens is 2. The molecule has 18 heavy (non-hydrogen) atoms. The van der Waals surface area contributed by atoms with Crippen LogP contribution in [0.1, 0.15) is 5.69 Å². The van der Waals surface area contributed by atoms with Crippen molar-refractivity contribution in [1.82, 2.24) is 9.97 Å². The van der Waals surface area contributed by atoms with E-state index in [1.54, 1.807) is 4.90 Å². The van der Waals surface area contributed by atoms with E-state index in [1.807, 2.05) is 0 Å². The van der Waals surface area contributed by atoms with Crippen LogP contribution in [0.15, 0.2) is 0 Å². The Morgan fingerprint density at radius 3 is 2.28 bits per heavy atom. The lowest BCUT2D eigenvalue weighted by Crippen LogP contribution is -2.29. The van der Waals surface area contributed by atoms with E-state index >= 15 is 0 Å². The van der Waals surface area contributed by atoms with Gasteiger partial charge < -0.3 is 4.90 Å². The number of hydrogen-bond acceptors (Lipinski definition) is 5. The molecule has 0 fully saturated rings. The summed E-state index contributed by atoms with van der Waals surface area (Å²) in [6, 6.07) is 0. The van der Waals surface area contributed by atoms with Gasteiger partial charge >= 0.3 is 5.69 Å². The van der Waals surface area contributed by atoms with Crippen molar-refractivity contribution >= 4 is 46.3 Å². The molecule has 0 atom stereocenters. The first-order valence-electron chi connectivity index (χ1n) is 5.06. The lowest BCUT2D eigenvalue weighted by Gasteiger charge is -2.21. The number of nitro groups is 1. The molecule has 0 unspecified atom stereocenters. The average Bonchev–Trinajstić information content (AvgIpc) is 2.26. The standard InChI is InChI=1S/C9H11Cl3N4O2/c1-6-7(16(17)18)8(14-9(12)13-6)15(4-2-10)5-3-11/h2-5H2,1H3. The summed E-state index contributed by atoms with van der Waals surface area (Å²) >= 11 is 17.1. The van der Waals surface area contributed by atoms with Gasteiger partial charge in [-0.1, -0.05) is 0 Å². The molecule has 0 saturated heterocycles. The van der Waals surface area contributed by atoms with Gasteiger partial charge in [-0.05, 0) is 18.5 Å². The summed E-state index contributed by atoms with van der Waals surface area (Å²) in [6.45, 7) is 2.29. The van der Waals surface area contributed by atoms with E-state index in [0.717, 1.165) is 0 Å². The molecule has 1 rings (SSSR count). The molecule has 0 amide bonds. The van der Waals surface area contributed by atoms with Crippen molar-refractivity contribution in [1.29, 1.82) is 0 Å². The topological polar surface area (TPSA) is 72.2 Å². The zero-order valence-corrected chi connectivity index (χ0v) is 11.8. The molecule has 0 N–H and O–H groups in total. The van der Waals surface area contributed by atoms with Gasteiger partial charge in [0.25, 0.3) is 0 Å². The van der Waals surface area contributed by atoms with E-state index in [1.165, 1.54) is 6.92 Å². The molecule has 0 saturated carbocycles. The van der Waals surface area contributed by atoms with Crippen LogP contribution in [0.5, 0.6) is 0 Å². The number of hydrogen-bond donors (Lipinski definition) is 0. The minimum Gasteiger partial charge on any atom is -0.348 e. The van der Waals surface area contributed by atoms with Crippen LogP contribution in [0.3, 0.4) is 0 Å². The summed E-state index contributed by atoms with van der Waals surface area (Å²) in [7, 11) is 0. The third kappa shape index (κ3) is 3.57. The highest BCUT2D eigenvalue weighted by Gasteiger charge is 2.25. The molecule has 0 aliphatic heterocycles. The molecular formula is C9H11Cl3N4O2. The van der Waals surface area contributed by atoms with Gasteiger partial charge in [0.05, 0.1) is 4.92 Å². The van der Waals surface area contributed by atoms with Gasteiger partial charge in [-0.15, -0.1) is 23.2 Å². The highest BCUT2D eigenvalue weighted by Crippen LogP contribution is 2.29. The Balaban J connectivity index is 3.29. The number of nitrogens with zero attached hydrogens (tertiary/aromatic N) is 4. The predicted molar refractivity (Wildman–Crippen MR) is 72.1 cm³/mol. The van der Waals surface area contributed by atoms with E-state index < -0.39 is 4.92 Å². The second-order valence-electron chi connectivity index (χ2n) is 3.37. The number of anilines is 1. The predicted octanol–water partition coefficient (Wildman–Crippen LogP) is 2.63. The Morgan fingerprint density at radius 1 is 1.28 bits per heavy atom. The summed E-state index contributed by atoms with van der Waals surface area (Å²) in [5.41, 5.74) is 0.0405. The number of aryl methyl sites for hydroxylation is 1. The van der Waals surface area contributed by atoms with Crippen molar-refractivity contribution in [2.24, 2.45) is 0 Å². The maximum Gasteiger partial charge on any atom is 0.332 e. The van der Waals surface area contributed by atoms with E-state index in [4.69, 9.17) is 34.8 Å². The Morgan fingerprint density at radius 2 is 1.83 bits per heavy atom. The van der Waals surface area contributed by atoms with E-state index in [-0.39, 0.29) is 22.5 Å². The number of rotatable bonds is 6. The largest absolute Gasteiger partial charge is 0.348 e. The Hall–Kier alpha value is -0.850. The maximum absolute atomic E-state index is 11.1. The van der Waals surface area contributed by atoms with Gasteiger partial charge in [-0.25, -0.2) is 4.98 Å². The quantitative estimate of drug-likeness (QED) is 0.349. The first kappa shape index (κ1) is 15.2. The van der Waals surface area contributed by atoms with Crippen LogP contribution >= 0.6 is 34.8 Å². The molecule has 0 aliphatic carbocycles. The van der Waals surface area contributed by atoms with E-state index in [9.17, 15) is 10.1 Å². The summed E-state index contributed by atoms with van der Waals surface area (Å²) in [5, 5.41) is 11.0. The molecule has 0 spiro atoms. The monoisotopic (exact) mass is 312 g/mol. The van der Waals surface area contributed by atoms with Crippen LogP contribution in [0, 0.1) is 17.0 Å². The highest BCUT2D eigenvalue weighted by atomic mass is 35.5. The second kappa shape index (κ2) is 6.92. The number of halogens is 3. The summed E-state index contributed by atoms with van der Waals surface area (Å²) < 4.78 is 0. The molecule has 100 valence electrons. The van der Waals surface area contributed by atoms with Crippen molar-refractivity contribution in [2.45, 2.75) is 6.92 Å². The molecule has 0 radical (unpaired) electrons. The molecule has 1 aromatic heterocycles. The van der Waals surface area contributed by atoms with Gasteiger partial charge in [-0.3, -0.25) is 10.1 Å². The van der Waals surface area contributed by atoms with Gasteiger partial charge in [0.1, 0.15) is 5.69 Å². The van der Waals surface area contributed by atoms with Crippen molar-refractivity contribution in [2.75, 3.05) is 29.7 Å². The lowest BCUT2D eigenvalue weighted by molar-refractivity contribution is -0.385. The van der Waals surface area contributed by atoms with Gasteiger partial charge in [0, 0.05) is 24.8 Å². The zero-order chi connectivity index (χ0) is 13.7. The van der Waals surface area contributed by atoms with Gasteiger partial charge in [0.2, 0.25) is 11.1 Å². The maximum atomic E-state index is 11.1. The first-order valence-corrected chi connectivity index (χ1v) is 6.51. The molecule has 0 aromatic carbocycles. The van der Waals surface area contributed by atoms with Crippen molar-refractivity contribution in [3.05, 3.63) is 21.1 Å². The van der Waals surface area contributed by atoms with Crippen LogP contribution in [-0.2, 0) is 0 Å². The van der Waals surface area contributed by atoms with Gasteiger partial charge in [-0.2, -0.15) is 4.98 Å². The molecule has 0 bridgehead atoms. The fraction of sp³-hybridized carbons (Fsp3) is 0.556. The second-order valence-corrected chi connectivity index (χ2v) is 4.47. The lowest BCUT2D eigenvalue weighted by atomic mass is 10.3. The van der Waals surface area contributed by atoms with Gasteiger partial charge in [0.15, 0.2) is 0 Å². The Labute approximate surface area is 119 Å². The average molecular weight is 314 g/mol. The Kier molecular flexibility index (Phi) is 5.84. The molecule has 1 aromatic rings. The first-order chi connectivity index (χ1) is 8.51. The molecular weight excluding hydrogens is 302 g/mol. The van der Waals surface area contributed by atoms with E-state index in [2.05, 4.69) is 9.97 Å². The minimum atomic E-state index is -0.531. The molecule has 6 nitrogen and oxygen atoms in total. The summed E-state index contributed by atoms with van der Waals surface area (Å²) in [4.78, 5) is 19.8. The smallest absolute Gasteiger partial charge is 0.332 e. The van der Waals surface area contributed by atoms with Crippen LogP contribution in [0.25, 0.3) is 0 Å². The summed E-state index contributed by atoms with van der Waals surface area (Å²) in [6.07, 6.45) is 0. The third-order valence-electron chi connectivity index (χ3n) is 2.20. The van der Waals surface area contributed by atoms with E-state index in [0.29, 0.717) is 24.8 Å². The van der Waals surface area contributed by atoms with Crippen LogP contribution in [0.4, 0.5) is 11.5 Å². The van der Waals surface area contributed by atoms with Crippen molar-refractivity contribution in [3.8, 4) is 0 Å². The van der Waals surface area contributed by atoms with Crippen LogP contribution in [0.2, 0.25) is 5.28 Å². The van der Waals surface area contributed by atoms with Crippen molar-refractivity contribution < 1.29 is 4.92 Å². The normalized spacial score (nSPS) is 10.4. The fourth-order valence-electron chi connectivity index (χ4n) is 1.48. The number of alkyl halides is 2. The SMILES string of the molecule is Cc1nc(Cl)nc(N(CCCl)CCCl)c1[N+](=O)[O-]. The Bertz CT molecular complexity index is 438. The highest BCUT2D eigenvalue weighted by molar-refractivity contribution is 6.28. The van der Waals surface area contributed by atoms with Crippen LogP contribution in [-0.4, -0.2) is 39.7 Å². The molecule has 0 aliphatic rings. The zero-order valence-electron chi connectivity index (χ0n) is 9.57. The molecule has 1 heterocycles. The summed E-state index contributed by atoms with van der Waals surface area (Å²) in [5.74, 6) is 0.752. The minimum absolute atomic E-state index is 0.0396. The molecule has 9 heteroatoms.